The van der Waals surface area contributed by atoms with Gasteiger partial charge in [0.05, 0.1) is 7.11 Å². The standard InChI is InChI=1S/C15H17NO/c1-11(2)12-6-8-13(9-7-12)14-5-4-10-16-15(14)17-3/h4-11H,1-3H3. The highest BCUT2D eigenvalue weighted by Gasteiger charge is 2.06. The number of hydrogen-bond donors (Lipinski definition) is 0. The second-order valence-electron chi connectivity index (χ2n) is 4.34. The van der Waals surface area contributed by atoms with Gasteiger partial charge in [-0.1, -0.05) is 38.1 Å². The molecule has 2 rings (SSSR count). The molecule has 1 heterocycles. The summed E-state index contributed by atoms with van der Waals surface area (Å²) in [6.07, 6.45) is 1.74. The van der Waals surface area contributed by atoms with E-state index < -0.39 is 0 Å². The number of ether oxygens (including phenoxy) is 1. The Balaban J connectivity index is 2.40. The largest absolute Gasteiger partial charge is 0.481 e. The van der Waals surface area contributed by atoms with Gasteiger partial charge in [0.1, 0.15) is 0 Å². The third-order valence-electron chi connectivity index (χ3n) is 2.85. The normalized spacial score (nSPS) is 10.6. The molecule has 0 aliphatic heterocycles. The maximum absolute atomic E-state index is 5.27. The number of methoxy groups -OCH3 is 1. The monoisotopic (exact) mass is 227 g/mol. The van der Waals surface area contributed by atoms with Crippen LogP contribution in [-0.2, 0) is 0 Å². The molecule has 0 amide bonds. The average molecular weight is 227 g/mol. The van der Waals surface area contributed by atoms with Crippen LogP contribution >= 0.6 is 0 Å². The summed E-state index contributed by atoms with van der Waals surface area (Å²) in [5, 5.41) is 0. The molecular weight excluding hydrogens is 210 g/mol. The van der Waals surface area contributed by atoms with Crippen molar-refractivity contribution in [2.45, 2.75) is 19.8 Å². The smallest absolute Gasteiger partial charge is 0.221 e. The lowest BCUT2D eigenvalue weighted by Gasteiger charge is -2.09. The van der Waals surface area contributed by atoms with E-state index in [0.717, 1.165) is 11.1 Å². The molecular formula is C15H17NO. The SMILES string of the molecule is COc1ncccc1-c1ccc(C(C)C)cc1. The van der Waals surface area contributed by atoms with Gasteiger partial charge in [0.25, 0.3) is 0 Å². The highest BCUT2D eigenvalue weighted by atomic mass is 16.5. The third-order valence-corrected chi connectivity index (χ3v) is 2.85. The molecule has 0 saturated heterocycles. The Hall–Kier alpha value is -1.83. The van der Waals surface area contributed by atoms with Crippen LogP contribution in [0.25, 0.3) is 11.1 Å². The van der Waals surface area contributed by atoms with E-state index in [9.17, 15) is 0 Å². The van der Waals surface area contributed by atoms with Crippen molar-refractivity contribution in [3.8, 4) is 17.0 Å². The van der Waals surface area contributed by atoms with Crippen LogP contribution in [0.1, 0.15) is 25.3 Å². The minimum atomic E-state index is 0.555. The zero-order chi connectivity index (χ0) is 12.3. The van der Waals surface area contributed by atoms with E-state index in [4.69, 9.17) is 4.74 Å². The molecule has 0 saturated carbocycles. The molecule has 0 unspecified atom stereocenters. The minimum Gasteiger partial charge on any atom is -0.481 e. The molecule has 2 heteroatoms. The second-order valence-corrected chi connectivity index (χ2v) is 4.34. The Labute approximate surface area is 102 Å². The van der Waals surface area contributed by atoms with Crippen molar-refractivity contribution < 1.29 is 4.74 Å². The number of benzene rings is 1. The first-order valence-corrected chi connectivity index (χ1v) is 5.81. The topological polar surface area (TPSA) is 22.1 Å². The van der Waals surface area contributed by atoms with E-state index in [1.165, 1.54) is 5.56 Å². The quantitative estimate of drug-likeness (QED) is 0.793. The number of nitrogens with zero attached hydrogens (tertiary/aromatic N) is 1. The molecule has 0 spiro atoms. The number of aromatic nitrogens is 1. The third kappa shape index (κ3) is 2.47. The van der Waals surface area contributed by atoms with Crippen molar-refractivity contribution in [2.24, 2.45) is 0 Å². The molecule has 1 aromatic heterocycles. The van der Waals surface area contributed by atoms with Crippen LogP contribution in [0.4, 0.5) is 0 Å². The van der Waals surface area contributed by atoms with Crippen LogP contribution in [0.5, 0.6) is 5.88 Å². The van der Waals surface area contributed by atoms with Crippen LogP contribution in [-0.4, -0.2) is 12.1 Å². The first kappa shape index (κ1) is 11.6. The van der Waals surface area contributed by atoms with Crippen LogP contribution < -0.4 is 4.74 Å². The summed E-state index contributed by atoms with van der Waals surface area (Å²) in [5.41, 5.74) is 3.52. The highest BCUT2D eigenvalue weighted by molar-refractivity contribution is 5.68. The molecule has 2 nitrogen and oxygen atoms in total. The van der Waals surface area contributed by atoms with Gasteiger partial charge in [-0.05, 0) is 29.2 Å². The Morgan fingerprint density at radius 3 is 2.35 bits per heavy atom. The molecule has 0 aliphatic carbocycles. The van der Waals surface area contributed by atoms with Crippen LogP contribution in [0.15, 0.2) is 42.6 Å². The van der Waals surface area contributed by atoms with E-state index in [2.05, 4.69) is 43.1 Å². The van der Waals surface area contributed by atoms with Gasteiger partial charge < -0.3 is 4.74 Å². The Morgan fingerprint density at radius 1 is 1.06 bits per heavy atom. The van der Waals surface area contributed by atoms with Gasteiger partial charge in [0.15, 0.2) is 0 Å². The fourth-order valence-corrected chi connectivity index (χ4v) is 1.82. The Morgan fingerprint density at radius 2 is 1.76 bits per heavy atom. The predicted octanol–water partition coefficient (Wildman–Crippen LogP) is 3.88. The molecule has 0 radical (unpaired) electrons. The predicted molar refractivity (Wildman–Crippen MR) is 70.3 cm³/mol. The number of hydrogen-bond acceptors (Lipinski definition) is 2. The fourth-order valence-electron chi connectivity index (χ4n) is 1.82. The zero-order valence-corrected chi connectivity index (χ0v) is 10.5. The minimum absolute atomic E-state index is 0.555. The molecule has 0 N–H and O–H groups in total. The van der Waals surface area contributed by atoms with Gasteiger partial charge in [-0.2, -0.15) is 0 Å². The molecule has 2 aromatic rings. The zero-order valence-electron chi connectivity index (χ0n) is 10.5. The maximum atomic E-state index is 5.27. The maximum Gasteiger partial charge on any atom is 0.221 e. The average Bonchev–Trinajstić information content (AvgIpc) is 2.39. The van der Waals surface area contributed by atoms with Crippen LogP contribution in [0, 0.1) is 0 Å². The van der Waals surface area contributed by atoms with Gasteiger partial charge in [0.2, 0.25) is 5.88 Å². The number of pyridine rings is 1. The first-order valence-electron chi connectivity index (χ1n) is 5.81. The molecule has 1 aromatic carbocycles. The molecule has 17 heavy (non-hydrogen) atoms. The van der Waals surface area contributed by atoms with Gasteiger partial charge in [-0.3, -0.25) is 0 Å². The summed E-state index contributed by atoms with van der Waals surface area (Å²) in [6, 6.07) is 12.5. The van der Waals surface area contributed by atoms with E-state index in [1.54, 1.807) is 13.3 Å². The summed E-state index contributed by atoms with van der Waals surface area (Å²) in [7, 11) is 1.65. The molecule has 0 bridgehead atoms. The van der Waals surface area contributed by atoms with E-state index in [-0.39, 0.29) is 0 Å². The summed E-state index contributed by atoms with van der Waals surface area (Å²) < 4.78 is 5.27. The van der Waals surface area contributed by atoms with Crippen LogP contribution in [0.3, 0.4) is 0 Å². The Kier molecular flexibility index (Phi) is 3.43. The van der Waals surface area contributed by atoms with Crippen LogP contribution in [0.2, 0.25) is 0 Å². The lowest BCUT2D eigenvalue weighted by atomic mass is 9.99. The Bertz CT molecular complexity index is 489. The second kappa shape index (κ2) is 5.00. The number of rotatable bonds is 3. The molecule has 88 valence electrons. The van der Waals surface area contributed by atoms with Gasteiger partial charge in [0, 0.05) is 11.8 Å². The first-order chi connectivity index (χ1) is 8.22. The summed E-state index contributed by atoms with van der Waals surface area (Å²) in [4.78, 5) is 4.21. The molecule has 0 fully saturated rings. The van der Waals surface area contributed by atoms with Crippen molar-refractivity contribution in [3.63, 3.8) is 0 Å². The summed E-state index contributed by atoms with van der Waals surface area (Å²) >= 11 is 0. The van der Waals surface area contributed by atoms with E-state index in [0.29, 0.717) is 11.8 Å². The highest BCUT2D eigenvalue weighted by Crippen LogP contribution is 2.28. The van der Waals surface area contributed by atoms with Crippen molar-refractivity contribution >= 4 is 0 Å². The van der Waals surface area contributed by atoms with Crippen molar-refractivity contribution in [1.82, 2.24) is 4.98 Å². The molecule has 0 atom stereocenters. The summed E-state index contributed by atoms with van der Waals surface area (Å²) in [6.45, 7) is 4.39. The lowest BCUT2D eigenvalue weighted by Crippen LogP contribution is -1.91. The van der Waals surface area contributed by atoms with Crippen molar-refractivity contribution in [3.05, 3.63) is 48.2 Å². The molecule has 0 aliphatic rings. The van der Waals surface area contributed by atoms with Crippen molar-refractivity contribution in [2.75, 3.05) is 7.11 Å². The van der Waals surface area contributed by atoms with Crippen molar-refractivity contribution in [1.29, 1.82) is 0 Å². The van der Waals surface area contributed by atoms with Gasteiger partial charge in [-0.25, -0.2) is 4.98 Å². The van der Waals surface area contributed by atoms with Gasteiger partial charge in [-0.15, -0.1) is 0 Å². The lowest BCUT2D eigenvalue weighted by molar-refractivity contribution is 0.399. The summed E-state index contributed by atoms with van der Waals surface area (Å²) in [5.74, 6) is 1.23. The van der Waals surface area contributed by atoms with E-state index >= 15 is 0 Å². The fraction of sp³-hybridized carbons (Fsp3) is 0.267. The van der Waals surface area contributed by atoms with E-state index in [1.807, 2.05) is 12.1 Å². The van der Waals surface area contributed by atoms with Gasteiger partial charge >= 0.3 is 0 Å².